The summed E-state index contributed by atoms with van der Waals surface area (Å²) in [6.45, 7) is 0.586. The van der Waals surface area contributed by atoms with Crippen LogP contribution >= 0.6 is 0 Å². The fourth-order valence-electron chi connectivity index (χ4n) is 3.48. The molecule has 0 spiro atoms. The van der Waals surface area contributed by atoms with Gasteiger partial charge in [-0.15, -0.1) is 0 Å². The quantitative estimate of drug-likeness (QED) is 0.854. The summed E-state index contributed by atoms with van der Waals surface area (Å²) < 4.78 is 10.4. The Hall–Kier alpha value is -3.16. The number of amides is 1. The minimum absolute atomic E-state index is 0.130. The summed E-state index contributed by atoms with van der Waals surface area (Å²) in [7, 11) is 2.83. The number of carbonyl (C=O) groups excluding carboxylic acids is 1. The van der Waals surface area contributed by atoms with Gasteiger partial charge in [0.15, 0.2) is 5.56 Å². The number of methoxy groups -OCH3 is 2. The number of rotatable bonds is 5. The zero-order chi connectivity index (χ0) is 19.4. The fourth-order valence-corrected chi connectivity index (χ4v) is 3.48. The van der Waals surface area contributed by atoms with Crippen LogP contribution in [0.15, 0.2) is 36.7 Å². The van der Waals surface area contributed by atoms with Crippen molar-refractivity contribution in [3.8, 4) is 11.8 Å². The van der Waals surface area contributed by atoms with Gasteiger partial charge in [-0.25, -0.2) is 9.97 Å². The lowest BCUT2D eigenvalue weighted by Crippen LogP contribution is -2.49. The van der Waals surface area contributed by atoms with E-state index in [1.165, 1.54) is 20.5 Å². The van der Waals surface area contributed by atoms with E-state index in [1.54, 1.807) is 4.90 Å². The summed E-state index contributed by atoms with van der Waals surface area (Å²) in [5.41, 5.74) is -0.104. The van der Waals surface area contributed by atoms with Gasteiger partial charge >= 0.3 is 5.97 Å². The first-order chi connectivity index (χ1) is 13.0. The second-order valence-electron chi connectivity index (χ2n) is 6.31. The molecule has 1 amide bonds. The van der Waals surface area contributed by atoms with E-state index < -0.39 is 11.4 Å². The molecule has 142 valence electrons. The Kier molecular flexibility index (Phi) is 5.25. The monoisotopic (exact) mass is 371 g/mol. The molecule has 1 aromatic carbocycles. The molecule has 1 saturated heterocycles. The molecule has 8 heteroatoms. The lowest BCUT2D eigenvalue weighted by Gasteiger charge is -2.39. The third kappa shape index (κ3) is 3.30. The molecule has 1 N–H and O–H groups in total. The third-order valence-electron chi connectivity index (χ3n) is 5.02. The van der Waals surface area contributed by atoms with Crippen LogP contribution in [0.5, 0.6) is 11.8 Å². The van der Waals surface area contributed by atoms with Gasteiger partial charge in [-0.2, -0.15) is 0 Å². The minimum atomic E-state index is -1.00. The lowest BCUT2D eigenvalue weighted by atomic mass is 9.73. The molecule has 3 rings (SSSR count). The molecule has 0 unspecified atom stereocenters. The van der Waals surface area contributed by atoms with E-state index in [9.17, 15) is 14.7 Å². The second-order valence-corrected chi connectivity index (χ2v) is 6.31. The zero-order valence-electron chi connectivity index (χ0n) is 15.2. The van der Waals surface area contributed by atoms with Gasteiger partial charge in [0.25, 0.3) is 5.91 Å². The van der Waals surface area contributed by atoms with Crippen LogP contribution in [0.1, 0.15) is 28.8 Å². The number of piperidine rings is 1. The predicted molar refractivity (Wildman–Crippen MR) is 96.0 cm³/mol. The molecule has 1 aliphatic rings. The molecule has 0 saturated carbocycles. The molecule has 1 aliphatic heterocycles. The number of carboxylic acids is 1. The van der Waals surface area contributed by atoms with E-state index in [0.717, 1.165) is 5.56 Å². The van der Waals surface area contributed by atoms with Crippen molar-refractivity contribution in [1.29, 1.82) is 0 Å². The van der Waals surface area contributed by atoms with Crippen molar-refractivity contribution in [1.82, 2.24) is 14.9 Å². The maximum absolute atomic E-state index is 13.0. The van der Waals surface area contributed by atoms with Crippen LogP contribution in [0, 0.1) is 0 Å². The van der Waals surface area contributed by atoms with Crippen LogP contribution in [0.2, 0.25) is 0 Å². The van der Waals surface area contributed by atoms with Crippen molar-refractivity contribution >= 4 is 11.9 Å². The van der Waals surface area contributed by atoms with E-state index in [-0.39, 0.29) is 23.2 Å². The summed E-state index contributed by atoms with van der Waals surface area (Å²) in [4.78, 5) is 34.6. The van der Waals surface area contributed by atoms with E-state index in [0.29, 0.717) is 25.9 Å². The number of carbonyl (C=O) groups is 2. The molecule has 8 nitrogen and oxygen atoms in total. The molecule has 0 radical (unpaired) electrons. The van der Waals surface area contributed by atoms with Crippen LogP contribution in [0.4, 0.5) is 0 Å². The van der Waals surface area contributed by atoms with Crippen molar-refractivity contribution in [3.63, 3.8) is 0 Å². The van der Waals surface area contributed by atoms with Gasteiger partial charge in [0, 0.05) is 13.1 Å². The number of aliphatic carboxylic acids is 1. The summed E-state index contributed by atoms with van der Waals surface area (Å²) in [6, 6.07) is 9.15. The molecule has 0 bridgehead atoms. The maximum Gasteiger partial charge on any atom is 0.314 e. The van der Waals surface area contributed by atoms with Gasteiger partial charge in [0.1, 0.15) is 6.33 Å². The van der Waals surface area contributed by atoms with Gasteiger partial charge < -0.3 is 19.5 Å². The molecule has 1 fully saturated rings. The number of aromatic nitrogens is 2. The fraction of sp³-hybridized carbons (Fsp3) is 0.368. The number of likely N-dealkylation sites (tertiary alicyclic amines) is 1. The van der Waals surface area contributed by atoms with Gasteiger partial charge in [0.05, 0.1) is 19.6 Å². The first-order valence-electron chi connectivity index (χ1n) is 8.54. The number of ether oxygens (including phenoxy) is 2. The van der Waals surface area contributed by atoms with E-state index in [4.69, 9.17) is 9.47 Å². The van der Waals surface area contributed by atoms with Crippen molar-refractivity contribution < 1.29 is 24.2 Å². The average Bonchev–Trinajstić information content (AvgIpc) is 2.73. The Labute approximate surface area is 156 Å². The van der Waals surface area contributed by atoms with E-state index in [2.05, 4.69) is 9.97 Å². The molecule has 0 aliphatic carbocycles. The first kappa shape index (κ1) is 18.6. The van der Waals surface area contributed by atoms with Gasteiger partial charge in [-0.05, 0) is 18.4 Å². The Bertz CT molecular complexity index is 810. The highest BCUT2D eigenvalue weighted by Crippen LogP contribution is 2.37. The second kappa shape index (κ2) is 7.61. The molecule has 1 aromatic heterocycles. The number of hydrogen-bond acceptors (Lipinski definition) is 6. The van der Waals surface area contributed by atoms with Crippen molar-refractivity contribution in [2.24, 2.45) is 0 Å². The summed E-state index contributed by atoms with van der Waals surface area (Å²) in [6.07, 6.45) is 1.89. The van der Waals surface area contributed by atoms with Gasteiger partial charge in [-0.3, -0.25) is 9.59 Å². The highest BCUT2D eigenvalue weighted by Gasteiger charge is 2.44. The van der Waals surface area contributed by atoms with E-state index in [1.807, 2.05) is 30.3 Å². The Balaban J connectivity index is 1.85. The number of benzene rings is 1. The van der Waals surface area contributed by atoms with Crippen molar-refractivity contribution in [2.75, 3.05) is 27.3 Å². The lowest BCUT2D eigenvalue weighted by molar-refractivity contribution is -0.145. The topological polar surface area (TPSA) is 102 Å². The predicted octanol–water partition coefficient (Wildman–Crippen LogP) is 1.75. The standard InChI is InChI=1S/C19H21N3O5/c1-26-15-14(16(27-2)21-12-20-15)17(23)22-10-8-19(9-11-22,18(24)25)13-6-4-3-5-7-13/h3-7,12H,8-11H2,1-2H3,(H,24,25). The normalized spacial score (nSPS) is 15.9. The number of hydrogen-bond donors (Lipinski definition) is 1. The van der Waals surface area contributed by atoms with Crippen molar-refractivity contribution in [3.05, 3.63) is 47.8 Å². The summed E-state index contributed by atoms with van der Waals surface area (Å²) >= 11 is 0. The molecular weight excluding hydrogens is 350 g/mol. The third-order valence-corrected chi connectivity index (χ3v) is 5.02. The van der Waals surface area contributed by atoms with Crippen LogP contribution in [0.3, 0.4) is 0 Å². The molecule has 2 aromatic rings. The average molecular weight is 371 g/mol. The highest BCUT2D eigenvalue weighted by molar-refractivity contribution is 5.98. The molecule has 0 atom stereocenters. The summed E-state index contributed by atoms with van der Waals surface area (Å²) in [5, 5.41) is 9.88. The van der Waals surface area contributed by atoms with E-state index >= 15 is 0 Å². The van der Waals surface area contributed by atoms with Crippen molar-refractivity contribution in [2.45, 2.75) is 18.3 Å². The van der Waals surface area contributed by atoms with Gasteiger partial charge in [-0.1, -0.05) is 30.3 Å². The highest BCUT2D eigenvalue weighted by atomic mass is 16.5. The zero-order valence-corrected chi connectivity index (χ0v) is 15.2. The Morgan fingerprint density at radius 3 is 2.07 bits per heavy atom. The summed E-state index contributed by atoms with van der Waals surface area (Å²) in [5.74, 6) is -0.953. The maximum atomic E-state index is 13.0. The Morgan fingerprint density at radius 1 is 1.04 bits per heavy atom. The van der Waals surface area contributed by atoms with Gasteiger partial charge in [0.2, 0.25) is 11.8 Å². The first-order valence-corrected chi connectivity index (χ1v) is 8.54. The molecule has 2 heterocycles. The molecular formula is C19H21N3O5. The van der Waals surface area contributed by atoms with Crippen LogP contribution < -0.4 is 9.47 Å². The number of nitrogens with zero attached hydrogens (tertiary/aromatic N) is 3. The minimum Gasteiger partial charge on any atom is -0.481 e. The van der Waals surface area contributed by atoms with Crippen LogP contribution in [0.25, 0.3) is 0 Å². The molecule has 27 heavy (non-hydrogen) atoms. The van der Waals surface area contributed by atoms with Crippen LogP contribution in [-0.4, -0.2) is 59.2 Å². The smallest absolute Gasteiger partial charge is 0.314 e. The Morgan fingerprint density at radius 2 is 1.59 bits per heavy atom. The largest absolute Gasteiger partial charge is 0.481 e. The number of carboxylic acid groups (broad SMARTS) is 1. The SMILES string of the molecule is COc1ncnc(OC)c1C(=O)N1CCC(C(=O)O)(c2ccccc2)CC1. The van der Waals surface area contributed by atoms with Crippen LogP contribution in [-0.2, 0) is 10.2 Å².